The minimum atomic E-state index is -3.00. The van der Waals surface area contributed by atoms with Gasteiger partial charge in [-0.2, -0.15) is 5.10 Å². The van der Waals surface area contributed by atoms with Crippen molar-refractivity contribution >= 4 is 33.3 Å². The van der Waals surface area contributed by atoms with Crippen LogP contribution < -0.4 is 5.32 Å². The van der Waals surface area contributed by atoms with Crippen molar-refractivity contribution in [2.24, 2.45) is 5.92 Å². The van der Waals surface area contributed by atoms with Gasteiger partial charge in [0.15, 0.2) is 9.84 Å². The lowest BCUT2D eigenvalue weighted by Crippen LogP contribution is -2.20. The highest BCUT2D eigenvalue weighted by Gasteiger charge is 2.38. The molecule has 6 nitrogen and oxygen atoms in total. The predicted octanol–water partition coefficient (Wildman–Crippen LogP) is 2.86. The summed E-state index contributed by atoms with van der Waals surface area (Å²) < 4.78 is 25.6. The lowest BCUT2D eigenvalue weighted by atomic mass is 9.84. The molecule has 2 atom stereocenters. The Morgan fingerprint density at radius 3 is 2.64 bits per heavy atom. The third-order valence-electron chi connectivity index (χ3n) is 5.70. The number of thioether (sulfide) groups is 1. The van der Waals surface area contributed by atoms with Gasteiger partial charge in [-0.25, -0.2) is 13.1 Å². The minimum absolute atomic E-state index is 0.00781. The molecule has 1 N–H and O–H groups in total. The van der Waals surface area contributed by atoms with Gasteiger partial charge in [-0.3, -0.25) is 4.79 Å². The van der Waals surface area contributed by atoms with Crippen molar-refractivity contribution in [3.63, 3.8) is 0 Å². The monoisotopic (exact) mass is 383 g/mol. The summed E-state index contributed by atoms with van der Waals surface area (Å²) in [6.07, 6.45) is 6.80. The number of hydrogen-bond acceptors (Lipinski definition) is 5. The van der Waals surface area contributed by atoms with Crippen molar-refractivity contribution in [2.45, 2.75) is 56.7 Å². The molecule has 8 heteroatoms. The fourth-order valence-corrected chi connectivity index (χ4v) is 7.57. The second-order valence-corrected chi connectivity index (χ2v) is 10.9. The molecular formula is C17H25N3O3S2. The van der Waals surface area contributed by atoms with E-state index in [2.05, 4.69) is 10.4 Å². The van der Waals surface area contributed by atoms with Gasteiger partial charge in [0.05, 0.1) is 29.0 Å². The number of amides is 1. The molecule has 2 fully saturated rings. The molecule has 0 unspecified atom stereocenters. The summed E-state index contributed by atoms with van der Waals surface area (Å²) in [5.74, 6) is 2.11. The Morgan fingerprint density at radius 1 is 1.20 bits per heavy atom. The molecule has 25 heavy (non-hydrogen) atoms. The molecule has 138 valence electrons. The first kappa shape index (κ1) is 17.4. The first-order chi connectivity index (χ1) is 11.9. The lowest BCUT2D eigenvalue weighted by molar-refractivity contribution is -0.113. The molecule has 0 spiro atoms. The maximum atomic E-state index is 12.3. The van der Waals surface area contributed by atoms with E-state index in [1.165, 1.54) is 32.1 Å². The Bertz CT molecular complexity index is 781. The van der Waals surface area contributed by atoms with Crippen molar-refractivity contribution in [1.29, 1.82) is 0 Å². The number of hydrogen-bond donors (Lipinski definition) is 1. The van der Waals surface area contributed by atoms with Gasteiger partial charge >= 0.3 is 0 Å². The number of nitrogens with one attached hydrogen (secondary N) is 1. The summed E-state index contributed by atoms with van der Waals surface area (Å²) in [6, 6.07) is -0.164. The van der Waals surface area contributed by atoms with Gasteiger partial charge in [-0.15, -0.1) is 11.8 Å². The highest BCUT2D eigenvalue weighted by atomic mass is 32.2. The van der Waals surface area contributed by atoms with E-state index >= 15 is 0 Å². The van der Waals surface area contributed by atoms with Gasteiger partial charge in [-0.05, 0) is 32.1 Å². The number of aryl methyl sites for hydroxylation is 1. The molecule has 1 saturated carbocycles. The normalized spacial score (nSPS) is 29.9. The molecule has 1 aromatic heterocycles. The third-order valence-corrected chi connectivity index (χ3v) is 8.86. The van der Waals surface area contributed by atoms with Crippen molar-refractivity contribution in [3.05, 3.63) is 11.3 Å². The molecule has 1 aromatic rings. The largest absolute Gasteiger partial charge is 0.310 e. The van der Waals surface area contributed by atoms with E-state index in [-0.39, 0.29) is 28.7 Å². The number of nitrogens with zero attached hydrogens (tertiary/aromatic N) is 2. The topological polar surface area (TPSA) is 81.1 Å². The van der Waals surface area contributed by atoms with Crippen molar-refractivity contribution in [3.8, 4) is 0 Å². The highest BCUT2D eigenvalue weighted by molar-refractivity contribution is 8.00. The highest BCUT2D eigenvalue weighted by Crippen LogP contribution is 2.48. The van der Waals surface area contributed by atoms with Crippen LogP contribution >= 0.6 is 11.8 Å². The molecule has 0 bridgehead atoms. The average molecular weight is 384 g/mol. The Balaban J connectivity index is 1.74. The molecule has 4 rings (SSSR count). The number of sulfone groups is 1. The first-order valence-corrected chi connectivity index (χ1v) is 12.0. The van der Waals surface area contributed by atoms with Crippen LogP contribution in [0.2, 0.25) is 0 Å². The van der Waals surface area contributed by atoms with Crippen molar-refractivity contribution in [2.75, 3.05) is 22.6 Å². The molecule has 0 radical (unpaired) electrons. The second-order valence-electron chi connectivity index (χ2n) is 7.53. The Hall–Kier alpha value is -1.02. The van der Waals surface area contributed by atoms with E-state index in [4.69, 9.17) is 0 Å². The summed E-state index contributed by atoms with van der Waals surface area (Å²) in [6.45, 7) is 1.99. The molecule has 3 aliphatic rings. The van der Waals surface area contributed by atoms with E-state index in [1.54, 1.807) is 16.4 Å². The molecule has 2 aliphatic heterocycles. The standard InChI is InChI=1S/C17H25N3O3S2/c1-11-15-16(12-5-3-2-4-6-12)24-9-14(21)18-17(15)20(19-11)13-7-8-25(22,23)10-13/h12-13,16H,2-10H2,1H3,(H,18,21)/t13-,16+/m1/s1. The molecular weight excluding hydrogens is 358 g/mol. The minimum Gasteiger partial charge on any atom is -0.310 e. The van der Waals surface area contributed by atoms with Crippen LogP contribution in [-0.4, -0.2) is 41.4 Å². The predicted molar refractivity (Wildman–Crippen MR) is 99.7 cm³/mol. The first-order valence-electron chi connectivity index (χ1n) is 9.15. The lowest BCUT2D eigenvalue weighted by Gasteiger charge is -2.29. The average Bonchev–Trinajstić information content (AvgIpc) is 3.03. The number of fused-ring (bicyclic) bond motifs is 1. The number of carbonyl (C=O) groups is 1. The van der Waals surface area contributed by atoms with Crippen molar-refractivity contribution < 1.29 is 13.2 Å². The summed E-state index contributed by atoms with van der Waals surface area (Å²) >= 11 is 1.73. The van der Waals surface area contributed by atoms with Crippen LogP contribution in [0.1, 0.15) is 61.1 Å². The number of aromatic nitrogens is 2. The number of anilines is 1. The van der Waals surface area contributed by atoms with E-state index in [1.807, 2.05) is 6.92 Å². The molecule has 1 aliphatic carbocycles. The van der Waals surface area contributed by atoms with E-state index in [0.717, 1.165) is 17.1 Å². The smallest absolute Gasteiger partial charge is 0.235 e. The number of carbonyl (C=O) groups excluding carboxylic acids is 1. The Labute approximate surface area is 153 Å². The molecule has 3 heterocycles. The molecule has 1 amide bonds. The summed E-state index contributed by atoms with van der Waals surface area (Å²) in [4.78, 5) is 12.3. The van der Waals surface area contributed by atoms with Gasteiger partial charge < -0.3 is 5.32 Å². The van der Waals surface area contributed by atoms with Crippen molar-refractivity contribution in [1.82, 2.24) is 9.78 Å². The van der Waals surface area contributed by atoms with Crippen LogP contribution in [0.25, 0.3) is 0 Å². The Morgan fingerprint density at radius 2 is 1.96 bits per heavy atom. The quantitative estimate of drug-likeness (QED) is 0.849. The van der Waals surface area contributed by atoms with E-state index < -0.39 is 9.84 Å². The van der Waals surface area contributed by atoms with Gasteiger partial charge in [0.1, 0.15) is 5.82 Å². The number of rotatable bonds is 2. The van der Waals surface area contributed by atoms with Crippen LogP contribution in [-0.2, 0) is 14.6 Å². The van der Waals surface area contributed by atoms with Crippen LogP contribution in [0.15, 0.2) is 0 Å². The molecule has 1 saturated heterocycles. The van der Waals surface area contributed by atoms with Gasteiger partial charge in [-0.1, -0.05) is 19.3 Å². The second kappa shape index (κ2) is 6.61. The summed E-state index contributed by atoms with van der Waals surface area (Å²) in [5, 5.41) is 7.99. The van der Waals surface area contributed by atoms with Crippen LogP contribution in [0.3, 0.4) is 0 Å². The maximum absolute atomic E-state index is 12.3. The van der Waals surface area contributed by atoms with Gasteiger partial charge in [0.2, 0.25) is 5.91 Å². The zero-order valence-corrected chi connectivity index (χ0v) is 16.2. The fourth-order valence-electron chi connectivity index (χ4n) is 4.48. The zero-order chi connectivity index (χ0) is 17.6. The SMILES string of the molecule is Cc1nn([C@@H]2CCS(=O)(=O)C2)c2c1[C@H](C1CCCCC1)SCC(=O)N2. The summed E-state index contributed by atoms with van der Waals surface area (Å²) in [5.41, 5.74) is 2.07. The molecule has 0 aromatic carbocycles. The Kier molecular flexibility index (Phi) is 4.60. The van der Waals surface area contributed by atoms with Gasteiger partial charge in [0, 0.05) is 10.8 Å². The van der Waals surface area contributed by atoms with Crippen LogP contribution in [0.5, 0.6) is 0 Å². The fraction of sp³-hybridized carbons (Fsp3) is 0.765. The van der Waals surface area contributed by atoms with E-state index in [9.17, 15) is 13.2 Å². The summed E-state index contributed by atoms with van der Waals surface area (Å²) in [7, 11) is -3.00. The van der Waals surface area contributed by atoms with Crippen LogP contribution in [0.4, 0.5) is 5.82 Å². The maximum Gasteiger partial charge on any atom is 0.235 e. The third kappa shape index (κ3) is 3.35. The van der Waals surface area contributed by atoms with Crippen LogP contribution in [0, 0.1) is 12.8 Å². The van der Waals surface area contributed by atoms with E-state index in [0.29, 0.717) is 18.1 Å². The van der Waals surface area contributed by atoms with Gasteiger partial charge in [0.25, 0.3) is 0 Å². The zero-order valence-electron chi connectivity index (χ0n) is 14.5.